The summed E-state index contributed by atoms with van der Waals surface area (Å²) in [7, 11) is 3.16. The molecular weight excluding hydrogens is 411 g/mol. The fraction of sp³-hybridized carbons (Fsp3) is 0.360. The van der Waals surface area contributed by atoms with Gasteiger partial charge in [0.15, 0.2) is 11.5 Å². The predicted octanol–water partition coefficient (Wildman–Crippen LogP) is 2.90. The van der Waals surface area contributed by atoms with Crippen molar-refractivity contribution in [2.45, 2.75) is 19.4 Å². The molecule has 0 spiro atoms. The van der Waals surface area contributed by atoms with E-state index < -0.39 is 5.92 Å². The molecule has 0 N–H and O–H groups in total. The molecule has 0 aliphatic carbocycles. The molecular formula is C25H27FN2O4. The van der Waals surface area contributed by atoms with Crippen molar-refractivity contribution in [3.8, 4) is 23.8 Å². The average Bonchev–Trinajstić information content (AvgIpc) is 3.18. The molecule has 1 unspecified atom stereocenters. The number of nitrogens with zero attached hydrogens (tertiary/aromatic N) is 2. The fourth-order valence-electron chi connectivity index (χ4n) is 3.84. The standard InChI is InChI=1S/C25H27FN2O4/c1-4-12-28(16-19-5-8-21(26)9-6-19)25(30)20-15-24(29)27(17-20)13-11-18-7-10-22(31-2)23(14-18)32-3/h1,5-10,14,20H,11-13,15-17H2,2-3H3. The van der Waals surface area contributed by atoms with E-state index in [2.05, 4.69) is 5.92 Å². The molecule has 3 rings (SSSR count). The molecule has 2 aromatic carbocycles. The number of rotatable bonds is 9. The Morgan fingerprint density at radius 2 is 1.84 bits per heavy atom. The summed E-state index contributed by atoms with van der Waals surface area (Å²) in [6.07, 6.45) is 6.25. The zero-order chi connectivity index (χ0) is 23.1. The number of hydrogen-bond donors (Lipinski definition) is 0. The van der Waals surface area contributed by atoms with Gasteiger partial charge in [-0.15, -0.1) is 6.42 Å². The molecule has 0 bridgehead atoms. The van der Waals surface area contributed by atoms with Crippen LogP contribution in [0.5, 0.6) is 11.5 Å². The van der Waals surface area contributed by atoms with Crippen LogP contribution in [0.1, 0.15) is 17.5 Å². The second-order valence-corrected chi connectivity index (χ2v) is 7.71. The van der Waals surface area contributed by atoms with Crippen LogP contribution >= 0.6 is 0 Å². The molecule has 1 fully saturated rings. The average molecular weight is 438 g/mol. The summed E-state index contributed by atoms with van der Waals surface area (Å²) in [6, 6.07) is 11.6. The van der Waals surface area contributed by atoms with Crippen LogP contribution < -0.4 is 9.47 Å². The summed E-state index contributed by atoms with van der Waals surface area (Å²) in [5.74, 6) is 2.80. The summed E-state index contributed by atoms with van der Waals surface area (Å²) >= 11 is 0. The maximum atomic E-state index is 13.2. The maximum absolute atomic E-state index is 13.2. The second-order valence-electron chi connectivity index (χ2n) is 7.71. The largest absolute Gasteiger partial charge is 0.493 e. The molecule has 2 aromatic rings. The molecule has 32 heavy (non-hydrogen) atoms. The van der Waals surface area contributed by atoms with E-state index in [-0.39, 0.29) is 37.1 Å². The smallest absolute Gasteiger partial charge is 0.229 e. The quantitative estimate of drug-likeness (QED) is 0.565. The number of carbonyl (C=O) groups is 2. The minimum Gasteiger partial charge on any atom is -0.493 e. The topological polar surface area (TPSA) is 59.1 Å². The van der Waals surface area contributed by atoms with E-state index in [0.717, 1.165) is 11.1 Å². The highest BCUT2D eigenvalue weighted by molar-refractivity contribution is 5.89. The van der Waals surface area contributed by atoms with E-state index in [0.29, 0.717) is 31.0 Å². The first-order valence-corrected chi connectivity index (χ1v) is 10.4. The van der Waals surface area contributed by atoms with Gasteiger partial charge in [0.05, 0.1) is 26.7 Å². The minimum atomic E-state index is -0.443. The number of likely N-dealkylation sites (tertiary alicyclic amines) is 1. The number of amides is 2. The Morgan fingerprint density at radius 1 is 1.16 bits per heavy atom. The van der Waals surface area contributed by atoms with Gasteiger partial charge in [-0.05, 0) is 41.8 Å². The number of carbonyl (C=O) groups excluding carboxylic acids is 2. The third-order valence-corrected chi connectivity index (χ3v) is 5.56. The molecule has 1 saturated heterocycles. The van der Waals surface area contributed by atoms with Gasteiger partial charge in [0, 0.05) is 26.1 Å². The number of ether oxygens (including phenoxy) is 2. The summed E-state index contributed by atoms with van der Waals surface area (Å²) in [5, 5.41) is 0. The number of methoxy groups -OCH3 is 2. The molecule has 0 saturated carbocycles. The molecule has 2 amide bonds. The Morgan fingerprint density at radius 3 is 2.50 bits per heavy atom. The van der Waals surface area contributed by atoms with Crippen molar-refractivity contribution in [1.82, 2.24) is 9.80 Å². The normalized spacial score (nSPS) is 15.4. The van der Waals surface area contributed by atoms with Crippen molar-refractivity contribution in [1.29, 1.82) is 0 Å². The van der Waals surface area contributed by atoms with Gasteiger partial charge in [-0.3, -0.25) is 9.59 Å². The van der Waals surface area contributed by atoms with Crippen LogP contribution in [0.15, 0.2) is 42.5 Å². The molecule has 0 aromatic heterocycles. The van der Waals surface area contributed by atoms with Gasteiger partial charge in [-0.1, -0.05) is 24.1 Å². The molecule has 168 valence electrons. The van der Waals surface area contributed by atoms with E-state index in [1.54, 1.807) is 36.2 Å². The first kappa shape index (κ1) is 23.1. The Labute approximate surface area is 187 Å². The van der Waals surface area contributed by atoms with Gasteiger partial charge in [0.25, 0.3) is 0 Å². The van der Waals surface area contributed by atoms with Crippen molar-refractivity contribution in [2.75, 3.05) is 33.9 Å². The zero-order valence-electron chi connectivity index (χ0n) is 18.3. The molecule has 6 nitrogen and oxygen atoms in total. The number of terminal acetylenes is 1. The lowest BCUT2D eigenvalue weighted by molar-refractivity contribution is -0.135. The van der Waals surface area contributed by atoms with Crippen LogP contribution in [-0.4, -0.2) is 55.5 Å². The number of hydrogen-bond acceptors (Lipinski definition) is 4. The highest BCUT2D eigenvalue weighted by Gasteiger charge is 2.36. The van der Waals surface area contributed by atoms with Gasteiger partial charge < -0.3 is 19.3 Å². The van der Waals surface area contributed by atoms with Gasteiger partial charge in [0.1, 0.15) is 5.82 Å². The summed E-state index contributed by atoms with van der Waals surface area (Å²) < 4.78 is 23.8. The first-order valence-electron chi connectivity index (χ1n) is 10.4. The predicted molar refractivity (Wildman–Crippen MR) is 119 cm³/mol. The SMILES string of the molecule is C#CCN(Cc1ccc(F)cc1)C(=O)C1CC(=O)N(CCc2ccc(OC)c(OC)c2)C1. The number of halogens is 1. The summed E-state index contributed by atoms with van der Waals surface area (Å²) in [5.41, 5.74) is 1.79. The molecule has 1 atom stereocenters. The van der Waals surface area contributed by atoms with Crippen molar-refractivity contribution in [3.05, 3.63) is 59.4 Å². The van der Waals surface area contributed by atoms with Gasteiger partial charge in [-0.25, -0.2) is 4.39 Å². The Hall–Kier alpha value is -3.53. The number of benzene rings is 2. The van der Waals surface area contributed by atoms with E-state index in [4.69, 9.17) is 15.9 Å². The zero-order valence-corrected chi connectivity index (χ0v) is 18.3. The Balaban J connectivity index is 1.61. The van der Waals surface area contributed by atoms with Crippen LogP contribution in [0.3, 0.4) is 0 Å². The van der Waals surface area contributed by atoms with Gasteiger partial charge in [-0.2, -0.15) is 0 Å². The Bertz CT molecular complexity index is 1000. The maximum Gasteiger partial charge on any atom is 0.229 e. The Kier molecular flexibility index (Phi) is 7.72. The molecule has 0 radical (unpaired) electrons. The fourth-order valence-corrected chi connectivity index (χ4v) is 3.84. The highest BCUT2D eigenvalue weighted by Crippen LogP contribution is 2.28. The van der Waals surface area contributed by atoms with Crippen molar-refractivity contribution >= 4 is 11.8 Å². The van der Waals surface area contributed by atoms with Crippen molar-refractivity contribution in [3.63, 3.8) is 0 Å². The van der Waals surface area contributed by atoms with E-state index in [1.165, 1.54) is 12.1 Å². The van der Waals surface area contributed by atoms with Crippen molar-refractivity contribution < 1.29 is 23.5 Å². The summed E-state index contributed by atoms with van der Waals surface area (Å²) in [4.78, 5) is 28.9. The lowest BCUT2D eigenvalue weighted by Gasteiger charge is -2.24. The van der Waals surface area contributed by atoms with E-state index >= 15 is 0 Å². The minimum absolute atomic E-state index is 0.0498. The lowest BCUT2D eigenvalue weighted by atomic mass is 10.1. The summed E-state index contributed by atoms with van der Waals surface area (Å²) in [6.45, 7) is 1.27. The monoisotopic (exact) mass is 438 g/mol. The third kappa shape index (κ3) is 5.58. The second kappa shape index (κ2) is 10.7. The van der Waals surface area contributed by atoms with Crippen molar-refractivity contribution in [2.24, 2.45) is 5.92 Å². The third-order valence-electron chi connectivity index (χ3n) is 5.56. The van der Waals surface area contributed by atoms with Crippen LogP contribution in [0, 0.1) is 24.1 Å². The van der Waals surface area contributed by atoms with Crippen LogP contribution in [0.2, 0.25) is 0 Å². The molecule has 1 aliphatic heterocycles. The van der Waals surface area contributed by atoms with Crippen LogP contribution in [-0.2, 0) is 22.6 Å². The highest BCUT2D eigenvalue weighted by atomic mass is 19.1. The lowest BCUT2D eigenvalue weighted by Crippen LogP contribution is -2.37. The van der Waals surface area contributed by atoms with Crippen LogP contribution in [0.25, 0.3) is 0 Å². The molecule has 1 heterocycles. The van der Waals surface area contributed by atoms with Gasteiger partial charge in [0.2, 0.25) is 11.8 Å². The van der Waals surface area contributed by atoms with Gasteiger partial charge >= 0.3 is 0 Å². The molecule has 1 aliphatic rings. The molecule has 7 heteroatoms. The first-order chi connectivity index (χ1) is 15.4. The van der Waals surface area contributed by atoms with Crippen LogP contribution in [0.4, 0.5) is 4.39 Å². The van der Waals surface area contributed by atoms with E-state index in [9.17, 15) is 14.0 Å². The van der Waals surface area contributed by atoms with E-state index in [1.807, 2.05) is 18.2 Å².